The first-order valence-corrected chi connectivity index (χ1v) is 10.6. The molecule has 2 aromatic heterocycles. The molecule has 0 saturated carbocycles. The van der Waals surface area contributed by atoms with Crippen LogP contribution in [0, 0.1) is 5.82 Å². The number of halogens is 1. The van der Waals surface area contributed by atoms with Gasteiger partial charge in [-0.3, -0.25) is 9.69 Å². The summed E-state index contributed by atoms with van der Waals surface area (Å²) >= 11 is 1.59. The van der Waals surface area contributed by atoms with Crippen molar-refractivity contribution in [2.75, 3.05) is 6.54 Å². The Morgan fingerprint density at radius 2 is 1.93 bits per heavy atom. The van der Waals surface area contributed by atoms with Crippen molar-refractivity contribution in [1.29, 1.82) is 0 Å². The van der Waals surface area contributed by atoms with E-state index in [2.05, 4.69) is 39.3 Å². The number of benzene rings is 2. The summed E-state index contributed by atoms with van der Waals surface area (Å²) in [5.41, 5.74) is 2.94. The van der Waals surface area contributed by atoms with Gasteiger partial charge in [0.1, 0.15) is 17.0 Å². The van der Waals surface area contributed by atoms with Gasteiger partial charge in [-0.15, -0.1) is 11.3 Å². The lowest BCUT2D eigenvalue weighted by Crippen LogP contribution is -2.29. The minimum absolute atomic E-state index is 0.160. The smallest absolute Gasteiger partial charge is 0.282 e. The summed E-state index contributed by atoms with van der Waals surface area (Å²) in [7, 11) is 0. The SMILES string of the molecule is O=c1c2c3c(sc2ncn1/N=C/c1ccc(F)cc1)CN(Cc1ccccc1)CC3. The Labute approximate surface area is 176 Å². The highest BCUT2D eigenvalue weighted by molar-refractivity contribution is 7.18. The monoisotopic (exact) mass is 418 g/mol. The van der Waals surface area contributed by atoms with E-state index in [-0.39, 0.29) is 11.4 Å². The number of rotatable bonds is 4. The molecule has 0 unspecified atom stereocenters. The highest BCUT2D eigenvalue weighted by Gasteiger charge is 2.23. The van der Waals surface area contributed by atoms with E-state index in [4.69, 9.17) is 0 Å². The third-order valence-corrected chi connectivity index (χ3v) is 6.40. The molecule has 0 atom stereocenters. The molecule has 7 heteroatoms. The lowest BCUT2D eigenvalue weighted by molar-refractivity contribution is 0.249. The van der Waals surface area contributed by atoms with Crippen LogP contribution in [0.4, 0.5) is 4.39 Å². The van der Waals surface area contributed by atoms with Gasteiger partial charge in [-0.05, 0) is 35.2 Å². The summed E-state index contributed by atoms with van der Waals surface area (Å²) in [6.45, 7) is 2.62. The van der Waals surface area contributed by atoms with Gasteiger partial charge in [0.2, 0.25) is 0 Å². The van der Waals surface area contributed by atoms with Gasteiger partial charge in [0, 0.05) is 24.5 Å². The summed E-state index contributed by atoms with van der Waals surface area (Å²) in [5, 5.41) is 4.92. The van der Waals surface area contributed by atoms with Crippen LogP contribution in [-0.4, -0.2) is 27.3 Å². The molecule has 5 nitrogen and oxygen atoms in total. The zero-order valence-electron chi connectivity index (χ0n) is 16.2. The third-order valence-electron chi connectivity index (χ3n) is 5.27. The van der Waals surface area contributed by atoms with Crippen molar-refractivity contribution in [3.05, 3.63) is 98.7 Å². The van der Waals surface area contributed by atoms with Crippen LogP contribution in [0.5, 0.6) is 0 Å². The highest BCUT2D eigenvalue weighted by Crippen LogP contribution is 2.32. The predicted octanol–water partition coefficient (Wildman–Crippen LogP) is 4.04. The van der Waals surface area contributed by atoms with Crippen LogP contribution < -0.4 is 5.56 Å². The van der Waals surface area contributed by atoms with E-state index in [1.807, 2.05) is 6.07 Å². The van der Waals surface area contributed by atoms with Gasteiger partial charge in [0.25, 0.3) is 5.56 Å². The number of aromatic nitrogens is 2. The normalized spacial score (nSPS) is 14.4. The molecular formula is C23H19FN4OS. The quantitative estimate of drug-likeness (QED) is 0.470. The van der Waals surface area contributed by atoms with Gasteiger partial charge in [0.15, 0.2) is 0 Å². The average Bonchev–Trinajstić information content (AvgIpc) is 3.14. The van der Waals surface area contributed by atoms with Crippen molar-refractivity contribution in [3.8, 4) is 0 Å². The molecule has 0 amide bonds. The lowest BCUT2D eigenvalue weighted by Gasteiger charge is -2.26. The van der Waals surface area contributed by atoms with Crippen LogP contribution in [0.3, 0.4) is 0 Å². The van der Waals surface area contributed by atoms with Crippen LogP contribution in [0.25, 0.3) is 10.2 Å². The Hall–Kier alpha value is -3.16. The van der Waals surface area contributed by atoms with Gasteiger partial charge in [-0.2, -0.15) is 9.78 Å². The second-order valence-electron chi connectivity index (χ2n) is 7.32. The first-order valence-electron chi connectivity index (χ1n) is 9.75. The molecule has 150 valence electrons. The first kappa shape index (κ1) is 18.8. The molecule has 2 aromatic carbocycles. The molecule has 0 bridgehead atoms. The van der Waals surface area contributed by atoms with E-state index in [1.54, 1.807) is 23.5 Å². The molecule has 5 rings (SSSR count). The summed E-state index contributed by atoms with van der Waals surface area (Å²) < 4.78 is 14.3. The van der Waals surface area contributed by atoms with Crippen molar-refractivity contribution in [2.45, 2.75) is 19.5 Å². The Balaban J connectivity index is 1.43. The Morgan fingerprint density at radius 1 is 1.13 bits per heavy atom. The van der Waals surface area contributed by atoms with Gasteiger partial charge in [-0.1, -0.05) is 42.5 Å². The van der Waals surface area contributed by atoms with Crippen molar-refractivity contribution in [2.24, 2.45) is 5.10 Å². The molecule has 0 saturated heterocycles. The molecule has 1 aliphatic heterocycles. The van der Waals surface area contributed by atoms with Gasteiger partial charge < -0.3 is 0 Å². The molecule has 0 aliphatic carbocycles. The van der Waals surface area contributed by atoms with Gasteiger partial charge in [-0.25, -0.2) is 9.37 Å². The highest BCUT2D eigenvalue weighted by atomic mass is 32.1. The fourth-order valence-corrected chi connectivity index (χ4v) is 4.98. The molecule has 0 radical (unpaired) electrons. The molecule has 0 N–H and O–H groups in total. The van der Waals surface area contributed by atoms with Crippen LogP contribution in [0.1, 0.15) is 21.6 Å². The zero-order chi connectivity index (χ0) is 20.5. The fraction of sp³-hybridized carbons (Fsp3) is 0.174. The Morgan fingerprint density at radius 3 is 2.73 bits per heavy atom. The predicted molar refractivity (Wildman–Crippen MR) is 118 cm³/mol. The molecule has 4 aromatic rings. The van der Waals surface area contributed by atoms with Crippen molar-refractivity contribution in [1.82, 2.24) is 14.6 Å². The van der Waals surface area contributed by atoms with Crippen LogP contribution in [0.15, 0.2) is 70.8 Å². The maximum Gasteiger partial charge on any atom is 0.282 e. The number of hydrogen-bond donors (Lipinski definition) is 0. The van der Waals surface area contributed by atoms with E-state index in [1.165, 1.54) is 39.8 Å². The maximum atomic E-state index is 13.1. The molecule has 3 heterocycles. The van der Waals surface area contributed by atoms with Crippen molar-refractivity contribution in [3.63, 3.8) is 0 Å². The second-order valence-corrected chi connectivity index (χ2v) is 8.40. The molecule has 30 heavy (non-hydrogen) atoms. The van der Waals surface area contributed by atoms with E-state index in [9.17, 15) is 9.18 Å². The van der Waals surface area contributed by atoms with E-state index in [0.29, 0.717) is 10.9 Å². The minimum Gasteiger partial charge on any atom is -0.294 e. The zero-order valence-corrected chi connectivity index (χ0v) is 17.0. The minimum atomic E-state index is -0.307. The van der Waals surface area contributed by atoms with E-state index < -0.39 is 0 Å². The Bertz CT molecular complexity index is 1280. The van der Waals surface area contributed by atoms with Crippen molar-refractivity contribution >= 4 is 27.8 Å². The number of nitrogens with zero attached hydrogens (tertiary/aromatic N) is 4. The molecular weight excluding hydrogens is 399 g/mol. The van der Waals surface area contributed by atoms with Crippen LogP contribution in [-0.2, 0) is 19.5 Å². The standard InChI is InChI=1S/C23H19FN4OS/c24-18-8-6-16(7-9-18)12-26-28-15-25-22-21(23(28)29)19-10-11-27(14-20(19)30-22)13-17-4-2-1-3-5-17/h1-9,12,15H,10-11,13-14H2/b26-12+. The number of hydrogen-bond acceptors (Lipinski definition) is 5. The summed E-state index contributed by atoms with van der Waals surface area (Å²) in [6, 6.07) is 16.4. The molecule has 0 spiro atoms. The first-order chi connectivity index (χ1) is 14.7. The number of fused-ring (bicyclic) bond motifs is 3. The van der Waals surface area contributed by atoms with Crippen LogP contribution >= 0.6 is 11.3 Å². The summed E-state index contributed by atoms with van der Waals surface area (Å²) in [5.74, 6) is -0.307. The topological polar surface area (TPSA) is 50.5 Å². The largest absolute Gasteiger partial charge is 0.294 e. The molecule has 0 fully saturated rings. The van der Waals surface area contributed by atoms with Crippen molar-refractivity contribution < 1.29 is 4.39 Å². The lowest BCUT2D eigenvalue weighted by atomic mass is 10.0. The second kappa shape index (κ2) is 7.93. The van der Waals surface area contributed by atoms with E-state index in [0.717, 1.165) is 36.4 Å². The van der Waals surface area contributed by atoms with E-state index >= 15 is 0 Å². The molecule has 1 aliphatic rings. The average molecular weight is 418 g/mol. The van der Waals surface area contributed by atoms with Crippen LogP contribution in [0.2, 0.25) is 0 Å². The summed E-state index contributed by atoms with van der Waals surface area (Å²) in [6.07, 6.45) is 3.81. The fourth-order valence-electron chi connectivity index (χ4n) is 3.76. The van der Waals surface area contributed by atoms with Gasteiger partial charge in [0.05, 0.1) is 11.6 Å². The number of thiophene rings is 1. The van der Waals surface area contributed by atoms with Gasteiger partial charge >= 0.3 is 0 Å². The summed E-state index contributed by atoms with van der Waals surface area (Å²) in [4.78, 5) is 21.9. The maximum absolute atomic E-state index is 13.1. The third kappa shape index (κ3) is 3.69. The Kier molecular flexibility index (Phi) is 4.98.